The molecule has 2 fully saturated rings. The molecule has 0 aliphatic heterocycles. The summed E-state index contributed by atoms with van der Waals surface area (Å²) in [7, 11) is -4.12. The van der Waals surface area contributed by atoms with E-state index in [0.717, 1.165) is 19.3 Å². The van der Waals surface area contributed by atoms with E-state index in [1.165, 1.54) is 0 Å². The summed E-state index contributed by atoms with van der Waals surface area (Å²) in [6.07, 6.45) is 4.03. The Bertz CT molecular complexity index is 505. The van der Waals surface area contributed by atoms with E-state index in [9.17, 15) is 17.2 Å². The Morgan fingerprint density at radius 1 is 1.00 bits per heavy atom. The highest BCUT2D eigenvalue weighted by molar-refractivity contribution is 7.86. The Morgan fingerprint density at radius 2 is 1.55 bits per heavy atom. The molecule has 2 rings (SSSR count). The van der Waals surface area contributed by atoms with Gasteiger partial charge in [0.25, 0.3) is 10.1 Å². The third kappa shape index (κ3) is 4.50. The average molecular weight is 354 g/mol. The van der Waals surface area contributed by atoms with E-state index >= 15 is 0 Å². The minimum Gasteiger partial charge on any atom is -0.285 e. The van der Waals surface area contributed by atoms with Gasteiger partial charge in [0.1, 0.15) is 0 Å². The highest BCUT2D eigenvalue weighted by Gasteiger charge is 2.45. The summed E-state index contributed by atoms with van der Waals surface area (Å²) in [5, 5.41) is -0.784. The largest absolute Gasteiger partial charge is 0.302 e. The normalized spacial score (nSPS) is 42.0. The third-order valence-electron chi connectivity index (χ3n) is 5.35. The summed E-state index contributed by atoms with van der Waals surface area (Å²) in [6, 6.07) is 0. The van der Waals surface area contributed by atoms with Gasteiger partial charge in [0.15, 0.2) is 0 Å². The lowest BCUT2D eigenvalue weighted by molar-refractivity contribution is 0.0260. The van der Waals surface area contributed by atoms with Gasteiger partial charge in [-0.25, -0.2) is 0 Å². The van der Waals surface area contributed by atoms with Gasteiger partial charge in [0, 0.05) is 0 Å². The van der Waals surface area contributed by atoms with Crippen molar-refractivity contribution in [1.29, 1.82) is 0 Å². The molecule has 130 valence electrons. The molecule has 6 nitrogen and oxygen atoms in total. The fourth-order valence-electron chi connectivity index (χ4n) is 4.24. The Hall–Kier alpha value is -0.0200. The number of hydrogen-bond acceptors (Lipinski definition) is 4. The Kier molecular flexibility index (Phi) is 6.04. The summed E-state index contributed by atoms with van der Waals surface area (Å²) in [4.78, 5) is 0. The molecular weight excluding hydrogens is 328 g/mol. The van der Waals surface area contributed by atoms with E-state index in [1.54, 1.807) is 0 Å². The first-order chi connectivity index (χ1) is 10.2. The van der Waals surface area contributed by atoms with Crippen LogP contribution in [0.25, 0.3) is 0 Å². The van der Waals surface area contributed by atoms with Gasteiger partial charge in [-0.3, -0.25) is 13.3 Å². The number of rotatable bonds is 4. The Labute approximate surface area is 135 Å². The predicted molar refractivity (Wildman–Crippen MR) is 84.0 cm³/mol. The first kappa shape index (κ1) is 18.3. The predicted octanol–water partition coefficient (Wildman–Crippen LogP) is 2.64. The van der Waals surface area contributed by atoms with E-state index in [-0.39, 0.29) is 17.8 Å². The number of hydrogen-bond donors (Lipinski definition) is 2. The van der Waals surface area contributed by atoms with Gasteiger partial charge in [0.2, 0.25) is 0 Å². The molecule has 0 aromatic rings. The average Bonchev–Trinajstić information content (AvgIpc) is 2.38. The summed E-state index contributed by atoms with van der Waals surface area (Å²) in [5.41, 5.74) is 0. The van der Waals surface area contributed by atoms with Gasteiger partial charge in [-0.15, -0.1) is 0 Å². The quantitative estimate of drug-likeness (QED) is 0.594. The maximum atomic E-state index is 11.8. The van der Waals surface area contributed by atoms with Crippen LogP contribution in [0.2, 0.25) is 0 Å². The molecule has 0 radical (unpaired) electrons. The zero-order chi connectivity index (χ0) is 16.5. The second-order valence-electron chi connectivity index (χ2n) is 7.07. The van der Waals surface area contributed by atoms with Crippen molar-refractivity contribution < 1.29 is 25.9 Å². The van der Waals surface area contributed by atoms with E-state index in [2.05, 4.69) is 6.92 Å². The van der Waals surface area contributed by atoms with Crippen molar-refractivity contribution in [3.63, 3.8) is 0 Å². The fraction of sp³-hybridized carbons (Fsp3) is 1.00. The molecule has 8 heteroatoms. The Balaban J connectivity index is 2.22. The molecule has 2 aliphatic carbocycles. The highest BCUT2D eigenvalue weighted by Crippen LogP contribution is 2.44. The van der Waals surface area contributed by atoms with Crippen molar-refractivity contribution in [2.75, 3.05) is 0 Å². The van der Waals surface area contributed by atoms with Crippen LogP contribution in [0.15, 0.2) is 0 Å². The van der Waals surface area contributed by atoms with Gasteiger partial charge >= 0.3 is 11.4 Å². The zero-order valence-electron chi connectivity index (χ0n) is 13.1. The van der Waals surface area contributed by atoms with Crippen molar-refractivity contribution in [2.24, 2.45) is 23.7 Å². The van der Waals surface area contributed by atoms with Crippen LogP contribution >= 0.6 is 0 Å². The molecule has 7 unspecified atom stereocenters. The smallest absolute Gasteiger partial charge is 0.285 e. The maximum Gasteiger partial charge on any atom is 0.302 e. The molecule has 0 heterocycles. The van der Waals surface area contributed by atoms with Crippen molar-refractivity contribution >= 4 is 21.5 Å². The van der Waals surface area contributed by atoms with Crippen LogP contribution in [0.1, 0.15) is 52.4 Å². The van der Waals surface area contributed by atoms with Crippen LogP contribution in [0.3, 0.4) is 0 Å². The second-order valence-corrected chi connectivity index (χ2v) is 9.33. The minimum atomic E-state index is -4.12. The van der Waals surface area contributed by atoms with Crippen molar-refractivity contribution in [3.05, 3.63) is 0 Å². The summed E-state index contributed by atoms with van der Waals surface area (Å²) < 4.78 is 58.4. The van der Waals surface area contributed by atoms with E-state index < -0.39 is 32.8 Å². The standard InChI is InChI=1S/C14H26O6S2/c1-9-3-5-11(13(7-9)20-21(15)16)12-6-4-10(2)8-14(12)22(17,18)19/h9-14H,3-8H2,1-2H3,(H,15,16)(H,17,18,19). The Morgan fingerprint density at radius 3 is 2.09 bits per heavy atom. The van der Waals surface area contributed by atoms with Crippen LogP contribution in [0.4, 0.5) is 0 Å². The topological polar surface area (TPSA) is 101 Å². The molecule has 0 amide bonds. The SMILES string of the molecule is CC1CCC(C2CCC(C)CC2S(=O)(=O)O)C(OS(=O)O)C1. The molecule has 0 bridgehead atoms. The molecule has 0 spiro atoms. The third-order valence-corrected chi connectivity index (χ3v) is 7.07. The lowest BCUT2D eigenvalue weighted by Crippen LogP contribution is -2.45. The van der Waals surface area contributed by atoms with Gasteiger partial charge in [0.05, 0.1) is 11.4 Å². The van der Waals surface area contributed by atoms with Crippen LogP contribution in [0, 0.1) is 23.7 Å². The second kappa shape index (κ2) is 7.25. The van der Waals surface area contributed by atoms with E-state index in [4.69, 9.17) is 8.74 Å². The molecule has 2 N–H and O–H groups in total. The zero-order valence-corrected chi connectivity index (χ0v) is 14.7. The molecule has 0 aromatic heterocycles. The van der Waals surface area contributed by atoms with Crippen LogP contribution in [0.5, 0.6) is 0 Å². The van der Waals surface area contributed by atoms with Gasteiger partial charge in [-0.2, -0.15) is 12.6 Å². The molecular formula is C14H26O6S2. The van der Waals surface area contributed by atoms with Crippen LogP contribution < -0.4 is 0 Å². The van der Waals surface area contributed by atoms with Crippen LogP contribution in [-0.4, -0.2) is 33.1 Å². The molecule has 0 saturated heterocycles. The molecule has 2 saturated carbocycles. The summed E-state index contributed by atoms with van der Waals surface area (Å²) in [6.45, 7) is 4.06. The maximum absolute atomic E-state index is 11.8. The monoisotopic (exact) mass is 354 g/mol. The lowest BCUT2D eigenvalue weighted by atomic mass is 9.68. The van der Waals surface area contributed by atoms with Crippen molar-refractivity contribution in [2.45, 2.75) is 63.7 Å². The summed E-state index contributed by atoms with van der Waals surface area (Å²) in [5.74, 6) is 0.354. The van der Waals surface area contributed by atoms with E-state index in [1.807, 2.05) is 6.92 Å². The molecule has 2 aliphatic rings. The first-order valence-corrected chi connectivity index (χ1v) is 10.5. The van der Waals surface area contributed by atoms with Crippen molar-refractivity contribution in [1.82, 2.24) is 0 Å². The fourth-order valence-corrected chi connectivity index (χ4v) is 6.03. The summed E-state index contributed by atoms with van der Waals surface area (Å²) >= 11 is -2.35. The van der Waals surface area contributed by atoms with Gasteiger partial charge in [-0.05, 0) is 49.4 Å². The van der Waals surface area contributed by atoms with Gasteiger partial charge < -0.3 is 0 Å². The molecule has 0 aromatic carbocycles. The van der Waals surface area contributed by atoms with Crippen molar-refractivity contribution in [3.8, 4) is 0 Å². The van der Waals surface area contributed by atoms with E-state index in [0.29, 0.717) is 25.2 Å². The molecule has 7 atom stereocenters. The van der Waals surface area contributed by atoms with Gasteiger partial charge in [-0.1, -0.05) is 26.7 Å². The van der Waals surface area contributed by atoms with Crippen LogP contribution in [-0.2, 0) is 25.7 Å². The first-order valence-electron chi connectivity index (χ1n) is 7.92. The minimum absolute atomic E-state index is 0.0910. The molecule has 22 heavy (non-hydrogen) atoms. The highest BCUT2D eigenvalue weighted by atomic mass is 32.2. The lowest BCUT2D eigenvalue weighted by Gasteiger charge is -2.43.